The number of hydrogen-bond acceptors (Lipinski definition) is 3. The summed E-state index contributed by atoms with van der Waals surface area (Å²) in [6.07, 6.45) is -2.99. The molecule has 1 aromatic heterocycles. The predicted octanol–water partition coefficient (Wildman–Crippen LogP) is 4.19. The van der Waals surface area contributed by atoms with E-state index in [4.69, 9.17) is 0 Å². The number of aryl methyl sites for hydroxylation is 1. The zero-order valence-electron chi connectivity index (χ0n) is 17.0. The van der Waals surface area contributed by atoms with Gasteiger partial charge in [0, 0.05) is 33.0 Å². The SMILES string of the molecule is C=CCn1c(=O)c(CCC(=O)N(C)Cc2ccccc2)nc2cc(C(F)(F)F)ccc21. The molecule has 0 saturated heterocycles. The van der Waals surface area contributed by atoms with E-state index in [1.165, 1.54) is 16.7 Å². The lowest BCUT2D eigenvalue weighted by Gasteiger charge is -2.17. The quantitative estimate of drug-likeness (QED) is 0.529. The highest BCUT2D eigenvalue weighted by atomic mass is 19.4. The number of carbonyl (C=O) groups is 1. The smallest absolute Gasteiger partial charge is 0.341 e. The van der Waals surface area contributed by atoms with E-state index in [0.717, 1.165) is 17.7 Å². The molecule has 0 saturated carbocycles. The Morgan fingerprint density at radius 1 is 1.19 bits per heavy atom. The third-order valence-corrected chi connectivity index (χ3v) is 4.92. The Morgan fingerprint density at radius 2 is 1.90 bits per heavy atom. The molecule has 0 unspecified atom stereocenters. The van der Waals surface area contributed by atoms with Crippen LogP contribution in [0.4, 0.5) is 13.2 Å². The van der Waals surface area contributed by atoms with Gasteiger partial charge < -0.3 is 9.47 Å². The van der Waals surface area contributed by atoms with Crippen LogP contribution in [0, 0.1) is 0 Å². The zero-order chi connectivity index (χ0) is 22.6. The number of alkyl halides is 3. The average molecular weight is 429 g/mol. The molecular weight excluding hydrogens is 407 g/mol. The summed E-state index contributed by atoms with van der Waals surface area (Å²) >= 11 is 0. The van der Waals surface area contributed by atoms with Crippen molar-refractivity contribution in [3.05, 3.63) is 88.4 Å². The van der Waals surface area contributed by atoms with Crippen molar-refractivity contribution in [2.45, 2.75) is 32.1 Å². The van der Waals surface area contributed by atoms with Crippen LogP contribution < -0.4 is 5.56 Å². The number of carbonyl (C=O) groups excluding carboxylic acids is 1. The molecule has 0 aliphatic rings. The van der Waals surface area contributed by atoms with Crippen molar-refractivity contribution in [1.29, 1.82) is 0 Å². The largest absolute Gasteiger partial charge is 0.416 e. The molecule has 162 valence electrons. The van der Waals surface area contributed by atoms with Crippen molar-refractivity contribution in [3.63, 3.8) is 0 Å². The minimum absolute atomic E-state index is 0.0180. The standard InChI is InChI=1S/C23H22F3N3O2/c1-3-13-29-20-11-9-17(23(24,25)26)14-19(20)27-18(22(29)31)10-12-21(30)28(2)15-16-7-5-4-6-8-16/h3-9,11,14H,1,10,12-13,15H2,2H3. The van der Waals surface area contributed by atoms with Gasteiger partial charge in [-0.15, -0.1) is 6.58 Å². The van der Waals surface area contributed by atoms with Crippen LogP contribution in [0.2, 0.25) is 0 Å². The van der Waals surface area contributed by atoms with E-state index in [-0.39, 0.29) is 42.0 Å². The van der Waals surface area contributed by atoms with E-state index < -0.39 is 17.3 Å². The Labute approximate surface area is 177 Å². The highest BCUT2D eigenvalue weighted by molar-refractivity contribution is 5.77. The van der Waals surface area contributed by atoms with E-state index in [9.17, 15) is 22.8 Å². The number of benzene rings is 2. The number of fused-ring (bicyclic) bond motifs is 1. The molecule has 0 fully saturated rings. The van der Waals surface area contributed by atoms with Crippen LogP contribution in [0.5, 0.6) is 0 Å². The molecule has 0 atom stereocenters. The van der Waals surface area contributed by atoms with Gasteiger partial charge >= 0.3 is 6.18 Å². The zero-order valence-corrected chi connectivity index (χ0v) is 17.0. The van der Waals surface area contributed by atoms with Crippen molar-refractivity contribution in [2.75, 3.05) is 7.05 Å². The molecule has 0 spiro atoms. The van der Waals surface area contributed by atoms with E-state index >= 15 is 0 Å². The topological polar surface area (TPSA) is 55.2 Å². The lowest BCUT2D eigenvalue weighted by Crippen LogP contribution is -2.29. The summed E-state index contributed by atoms with van der Waals surface area (Å²) < 4.78 is 40.6. The minimum atomic E-state index is -4.52. The molecule has 2 aromatic carbocycles. The Morgan fingerprint density at radius 3 is 2.55 bits per heavy atom. The molecule has 31 heavy (non-hydrogen) atoms. The fourth-order valence-electron chi connectivity index (χ4n) is 3.31. The third-order valence-electron chi connectivity index (χ3n) is 4.92. The van der Waals surface area contributed by atoms with Gasteiger partial charge in [-0.2, -0.15) is 13.2 Å². The van der Waals surface area contributed by atoms with Crippen molar-refractivity contribution < 1.29 is 18.0 Å². The number of hydrogen-bond donors (Lipinski definition) is 0. The fraction of sp³-hybridized carbons (Fsp3) is 0.261. The summed E-state index contributed by atoms with van der Waals surface area (Å²) in [6, 6.07) is 12.5. The van der Waals surface area contributed by atoms with E-state index in [1.54, 1.807) is 11.9 Å². The summed E-state index contributed by atoms with van der Waals surface area (Å²) in [4.78, 5) is 31.1. The molecule has 0 N–H and O–H groups in total. The first-order valence-corrected chi connectivity index (χ1v) is 9.70. The third kappa shape index (κ3) is 5.20. The summed E-state index contributed by atoms with van der Waals surface area (Å²) in [5.41, 5.74) is 0.0717. The molecule has 1 amide bonds. The fourth-order valence-corrected chi connectivity index (χ4v) is 3.31. The minimum Gasteiger partial charge on any atom is -0.341 e. The van der Waals surface area contributed by atoms with Crippen LogP contribution >= 0.6 is 0 Å². The van der Waals surface area contributed by atoms with Gasteiger partial charge in [-0.1, -0.05) is 36.4 Å². The molecule has 5 nitrogen and oxygen atoms in total. The summed E-state index contributed by atoms with van der Waals surface area (Å²) in [7, 11) is 1.66. The highest BCUT2D eigenvalue weighted by Crippen LogP contribution is 2.30. The Balaban J connectivity index is 1.86. The lowest BCUT2D eigenvalue weighted by molar-refractivity contribution is -0.137. The molecular formula is C23H22F3N3O2. The van der Waals surface area contributed by atoms with Crippen molar-refractivity contribution in [3.8, 4) is 0 Å². The first kappa shape index (κ1) is 22.3. The van der Waals surface area contributed by atoms with Gasteiger partial charge in [0.2, 0.25) is 5.91 Å². The van der Waals surface area contributed by atoms with Crippen LogP contribution in [0.15, 0.2) is 66.0 Å². The summed E-state index contributed by atoms with van der Waals surface area (Å²) in [5.74, 6) is -0.190. The molecule has 0 radical (unpaired) electrons. The lowest BCUT2D eigenvalue weighted by atomic mass is 10.1. The summed E-state index contributed by atoms with van der Waals surface area (Å²) in [5, 5.41) is 0. The second-order valence-electron chi connectivity index (χ2n) is 7.20. The molecule has 1 heterocycles. The number of rotatable bonds is 7. The number of aromatic nitrogens is 2. The maximum Gasteiger partial charge on any atom is 0.416 e. The highest BCUT2D eigenvalue weighted by Gasteiger charge is 2.31. The molecule has 0 aliphatic heterocycles. The van der Waals surface area contributed by atoms with E-state index in [0.29, 0.717) is 6.54 Å². The van der Waals surface area contributed by atoms with Crippen LogP contribution in [0.3, 0.4) is 0 Å². The summed E-state index contributed by atoms with van der Waals surface area (Å²) in [6.45, 7) is 4.15. The monoisotopic (exact) mass is 429 g/mol. The number of halogens is 3. The molecule has 0 aliphatic carbocycles. The Bertz CT molecular complexity index is 1150. The molecule has 3 aromatic rings. The van der Waals surface area contributed by atoms with Crippen LogP contribution in [-0.4, -0.2) is 27.4 Å². The second kappa shape index (κ2) is 9.16. The number of amides is 1. The number of nitrogens with zero attached hydrogens (tertiary/aromatic N) is 3. The number of allylic oxidation sites excluding steroid dienone is 1. The van der Waals surface area contributed by atoms with Gasteiger partial charge in [-0.25, -0.2) is 4.98 Å². The predicted molar refractivity (Wildman–Crippen MR) is 112 cm³/mol. The van der Waals surface area contributed by atoms with Gasteiger partial charge in [0.25, 0.3) is 5.56 Å². The maximum atomic E-state index is 13.1. The van der Waals surface area contributed by atoms with Crippen LogP contribution in [-0.2, 0) is 30.5 Å². The first-order chi connectivity index (χ1) is 14.7. The Kier molecular flexibility index (Phi) is 6.58. The van der Waals surface area contributed by atoms with Crippen LogP contribution in [0.1, 0.15) is 23.2 Å². The van der Waals surface area contributed by atoms with E-state index in [1.807, 2.05) is 30.3 Å². The van der Waals surface area contributed by atoms with Crippen molar-refractivity contribution in [2.24, 2.45) is 0 Å². The van der Waals surface area contributed by atoms with Gasteiger partial charge in [0.15, 0.2) is 0 Å². The van der Waals surface area contributed by atoms with E-state index in [2.05, 4.69) is 11.6 Å². The van der Waals surface area contributed by atoms with Gasteiger partial charge in [-0.05, 0) is 23.8 Å². The first-order valence-electron chi connectivity index (χ1n) is 9.70. The Hall–Kier alpha value is -3.42. The average Bonchev–Trinajstić information content (AvgIpc) is 2.74. The van der Waals surface area contributed by atoms with Gasteiger partial charge in [-0.3, -0.25) is 9.59 Å². The van der Waals surface area contributed by atoms with Gasteiger partial charge in [0.05, 0.1) is 16.6 Å². The molecule has 0 bridgehead atoms. The maximum absolute atomic E-state index is 13.1. The van der Waals surface area contributed by atoms with Crippen molar-refractivity contribution >= 4 is 16.9 Å². The van der Waals surface area contributed by atoms with Gasteiger partial charge in [0.1, 0.15) is 5.69 Å². The van der Waals surface area contributed by atoms with Crippen LogP contribution in [0.25, 0.3) is 11.0 Å². The second-order valence-corrected chi connectivity index (χ2v) is 7.20. The molecule has 3 rings (SSSR count). The van der Waals surface area contributed by atoms with Crippen molar-refractivity contribution in [1.82, 2.24) is 14.5 Å². The normalized spacial score (nSPS) is 11.5. The molecule has 8 heteroatoms.